The fourth-order valence-corrected chi connectivity index (χ4v) is 4.16. The lowest BCUT2D eigenvalue weighted by Gasteiger charge is -2.10. The molecule has 0 saturated heterocycles. The number of thiocarbonyl (C=S) groups is 1. The summed E-state index contributed by atoms with van der Waals surface area (Å²) in [4.78, 5) is 16.9. The molecule has 3 aromatic carbocycles. The summed E-state index contributed by atoms with van der Waals surface area (Å²) in [5.41, 5.74) is 3.72. The zero-order valence-corrected chi connectivity index (χ0v) is 18.4. The number of benzene rings is 3. The molecule has 0 bridgehead atoms. The number of thiazole rings is 1. The number of carbonyl (C=O) groups excluding carboxylic acids is 1. The lowest BCUT2D eigenvalue weighted by atomic mass is 10.1. The molecule has 0 saturated carbocycles. The van der Waals surface area contributed by atoms with Gasteiger partial charge in [-0.25, -0.2) is 4.98 Å². The summed E-state index contributed by atoms with van der Waals surface area (Å²) in [5, 5.41) is 7.07. The SMILES string of the molecule is O=C(NC(=S)NCc1ccc(-c2nc3ccccc3s2)cc1)c1ccc(Br)cc1. The molecule has 2 N–H and O–H groups in total. The van der Waals surface area contributed by atoms with E-state index in [-0.39, 0.29) is 5.91 Å². The van der Waals surface area contributed by atoms with Crippen LogP contribution in [-0.2, 0) is 6.54 Å². The van der Waals surface area contributed by atoms with Crippen LogP contribution < -0.4 is 10.6 Å². The summed E-state index contributed by atoms with van der Waals surface area (Å²) >= 11 is 10.3. The second kappa shape index (κ2) is 8.82. The second-order valence-electron chi connectivity index (χ2n) is 6.33. The van der Waals surface area contributed by atoms with Crippen LogP contribution in [0.15, 0.2) is 77.3 Å². The number of hydrogen-bond acceptors (Lipinski definition) is 4. The Balaban J connectivity index is 1.34. The van der Waals surface area contributed by atoms with Gasteiger partial charge in [0.15, 0.2) is 5.11 Å². The predicted molar refractivity (Wildman–Crippen MR) is 126 cm³/mol. The molecule has 0 aliphatic heterocycles. The van der Waals surface area contributed by atoms with E-state index < -0.39 is 0 Å². The van der Waals surface area contributed by atoms with Crippen molar-refractivity contribution < 1.29 is 4.79 Å². The van der Waals surface area contributed by atoms with E-state index in [0.29, 0.717) is 17.2 Å². The van der Waals surface area contributed by atoms with Crippen LogP contribution in [0, 0.1) is 0 Å². The highest BCUT2D eigenvalue weighted by Crippen LogP contribution is 2.29. The van der Waals surface area contributed by atoms with E-state index in [4.69, 9.17) is 12.2 Å². The molecule has 0 spiro atoms. The normalized spacial score (nSPS) is 10.7. The van der Waals surface area contributed by atoms with E-state index in [1.165, 1.54) is 4.70 Å². The van der Waals surface area contributed by atoms with Gasteiger partial charge in [0.1, 0.15) is 5.01 Å². The average Bonchev–Trinajstić information content (AvgIpc) is 3.17. The Morgan fingerprint density at radius 3 is 2.45 bits per heavy atom. The molecule has 0 atom stereocenters. The summed E-state index contributed by atoms with van der Waals surface area (Å²) in [6.07, 6.45) is 0. The highest BCUT2D eigenvalue weighted by atomic mass is 79.9. The molecule has 0 aliphatic carbocycles. The monoisotopic (exact) mass is 481 g/mol. The minimum absolute atomic E-state index is 0.235. The van der Waals surface area contributed by atoms with Crippen LogP contribution in [0.2, 0.25) is 0 Å². The van der Waals surface area contributed by atoms with Crippen LogP contribution >= 0.6 is 39.5 Å². The number of nitrogens with zero attached hydrogens (tertiary/aromatic N) is 1. The second-order valence-corrected chi connectivity index (χ2v) is 8.68. The molecule has 29 heavy (non-hydrogen) atoms. The molecule has 0 radical (unpaired) electrons. The van der Waals surface area contributed by atoms with Crippen molar-refractivity contribution in [1.29, 1.82) is 0 Å². The van der Waals surface area contributed by atoms with Crippen LogP contribution in [0.1, 0.15) is 15.9 Å². The number of aromatic nitrogens is 1. The molecule has 1 heterocycles. The first-order valence-electron chi connectivity index (χ1n) is 8.88. The third-order valence-corrected chi connectivity index (χ3v) is 6.14. The van der Waals surface area contributed by atoms with Gasteiger partial charge in [0.25, 0.3) is 5.91 Å². The molecule has 0 fully saturated rings. The van der Waals surface area contributed by atoms with Crippen LogP contribution in [0.25, 0.3) is 20.8 Å². The van der Waals surface area contributed by atoms with Crippen molar-refractivity contribution in [2.75, 3.05) is 0 Å². The first-order valence-corrected chi connectivity index (χ1v) is 10.9. The number of rotatable bonds is 4. The molecule has 1 amide bonds. The zero-order chi connectivity index (χ0) is 20.2. The van der Waals surface area contributed by atoms with Gasteiger partial charge < -0.3 is 5.32 Å². The first-order chi connectivity index (χ1) is 14.1. The Kier molecular flexibility index (Phi) is 5.99. The Morgan fingerprint density at radius 1 is 1.00 bits per heavy atom. The fourth-order valence-electron chi connectivity index (χ4n) is 2.76. The number of para-hydroxylation sites is 1. The maximum Gasteiger partial charge on any atom is 0.257 e. The maximum absolute atomic E-state index is 12.2. The van der Waals surface area contributed by atoms with Crippen molar-refractivity contribution in [2.24, 2.45) is 0 Å². The molecule has 0 aliphatic rings. The van der Waals surface area contributed by atoms with E-state index in [1.54, 1.807) is 23.5 Å². The average molecular weight is 482 g/mol. The lowest BCUT2D eigenvalue weighted by molar-refractivity contribution is 0.0976. The number of amides is 1. The molecule has 0 unspecified atom stereocenters. The lowest BCUT2D eigenvalue weighted by Crippen LogP contribution is -2.38. The quantitative estimate of drug-likeness (QED) is 0.376. The molecule has 4 aromatic rings. The van der Waals surface area contributed by atoms with E-state index in [2.05, 4.69) is 49.7 Å². The largest absolute Gasteiger partial charge is 0.358 e. The van der Waals surface area contributed by atoms with Crippen molar-refractivity contribution in [3.63, 3.8) is 0 Å². The minimum atomic E-state index is -0.235. The summed E-state index contributed by atoms with van der Waals surface area (Å²) < 4.78 is 2.10. The summed E-state index contributed by atoms with van der Waals surface area (Å²) in [5.74, 6) is -0.235. The minimum Gasteiger partial charge on any atom is -0.358 e. The Morgan fingerprint density at radius 2 is 1.72 bits per heavy atom. The zero-order valence-electron chi connectivity index (χ0n) is 15.2. The number of carbonyl (C=O) groups is 1. The Hall–Kier alpha value is -2.61. The topological polar surface area (TPSA) is 54.0 Å². The van der Waals surface area contributed by atoms with Gasteiger partial charge in [0, 0.05) is 22.1 Å². The van der Waals surface area contributed by atoms with E-state index in [9.17, 15) is 4.79 Å². The van der Waals surface area contributed by atoms with Crippen LogP contribution in [0.3, 0.4) is 0 Å². The molecule has 1 aromatic heterocycles. The van der Waals surface area contributed by atoms with Gasteiger partial charge in [-0.2, -0.15) is 0 Å². The Bertz CT molecular complexity index is 1140. The molecule has 4 nitrogen and oxygen atoms in total. The number of nitrogens with one attached hydrogen (secondary N) is 2. The number of halogens is 1. The van der Waals surface area contributed by atoms with Gasteiger partial charge in [0.05, 0.1) is 10.2 Å². The van der Waals surface area contributed by atoms with Crippen molar-refractivity contribution in [3.05, 3.63) is 88.4 Å². The van der Waals surface area contributed by atoms with E-state index in [0.717, 1.165) is 26.1 Å². The number of hydrogen-bond donors (Lipinski definition) is 2. The van der Waals surface area contributed by atoms with Gasteiger partial charge in [0.2, 0.25) is 0 Å². The van der Waals surface area contributed by atoms with Crippen LogP contribution in [0.4, 0.5) is 0 Å². The predicted octanol–water partition coefficient (Wildman–Crippen LogP) is 5.53. The van der Waals surface area contributed by atoms with Gasteiger partial charge in [-0.05, 0) is 54.2 Å². The fraction of sp³-hybridized carbons (Fsp3) is 0.0455. The third kappa shape index (κ3) is 4.87. The highest BCUT2D eigenvalue weighted by molar-refractivity contribution is 9.10. The van der Waals surface area contributed by atoms with Crippen molar-refractivity contribution in [3.8, 4) is 10.6 Å². The third-order valence-electron chi connectivity index (χ3n) is 4.28. The van der Waals surface area contributed by atoms with Gasteiger partial charge in [-0.1, -0.05) is 52.3 Å². The smallest absolute Gasteiger partial charge is 0.257 e. The van der Waals surface area contributed by atoms with E-state index in [1.807, 2.05) is 42.5 Å². The molecular formula is C22H16BrN3OS2. The van der Waals surface area contributed by atoms with Gasteiger partial charge in [-0.3, -0.25) is 10.1 Å². The van der Waals surface area contributed by atoms with Crippen molar-refractivity contribution in [2.45, 2.75) is 6.54 Å². The number of fused-ring (bicyclic) bond motifs is 1. The Labute approximate surface area is 186 Å². The summed E-state index contributed by atoms with van der Waals surface area (Å²) in [6, 6.07) is 23.4. The van der Waals surface area contributed by atoms with Gasteiger partial charge >= 0.3 is 0 Å². The van der Waals surface area contributed by atoms with Crippen molar-refractivity contribution in [1.82, 2.24) is 15.6 Å². The van der Waals surface area contributed by atoms with Crippen molar-refractivity contribution >= 4 is 60.7 Å². The summed E-state index contributed by atoms with van der Waals surface area (Å²) in [6.45, 7) is 0.527. The molecule has 4 rings (SSSR count). The standard InChI is InChI=1S/C22H16BrN3OS2/c23-17-11-9-15(10-12-17)20(27)26-22(28)24-13-14-5-7-16(8-6-14)21-25-18-3-1-2-4-19(18)29-21/h1-12H,13H2,(H2,24,26,27,28). The van der Waals surface area contributed by atoms with E-state index >= 15 is 0 Å². The highest BCUT2D eigenvalue weighted by Gasteiger charge is 2.08. The van der Waals surface area contributed by atoms with Crippen LogP contribution in [0.5, 0.6) is 0 Å². The summed E-state index contributed by atoms with van der Waals surface area (Å²) in [7, 11) is 0. The van der Waals surface area contributed by atoms with Crippen LogP contribution in [-0.4, -0.2) is 16.0 Å². The molecular weight excluding hydrogens is 466 g/mol. The van der Waals surface area contributed by atoms with Gasteiger partial charge in [-0.15, -0.1) is 11.3 Å². The first kappa shape index (κ1) is 19.7. The maximum atomic E-state index is 12.2. The molecule has 7 heteroatoms. The molecule has 144 valence electrons.